The van der Waals surface area contributed by atoms with Crippen molar-refractivity contribution in [3.8, 4) is 23.0 Å². The summed E-state index contributed by atoms with van der Waals surface area (Å²) in [5.41, 5.74) is 0.323. The number of rotatable bonds is 7. The summed E-state index contributed by atoms with van der Waals surface area (Å²) in [6.45, 7) is 10.2. The number of benzene rings is 3. The number of carbonyl (C=O) groups is 4. The summed E-state index contributed by atoms with van der Waals surface area (Å²) in [7, 11) is 0. The molecule has 0 aliphatic heterocycles. The highest BCUT2D eigenvalue weighted by atomic mass is 16.7. The molecule has 0 bridgehead atoms. The molecule has 0 spiro atoms. The first-order valence-electron chi connectivity index (χ1n) is 12.3. The smallest absolute Gasteiger partial charge is 0.431 e. The second kappa shape index (κ2) is 12.8. The molecule has 0 amide bonds. The predicted molar refractivity (Wildman–Crippen MR) is 143 cm³/mol. The van der Waals surface area contributed by atoms with Crippen molar-refractivity contribution in [1.29, 1.82) is 0 Å². The van der Waals surface area contributed by atoms with Crippen LogP contribution in [-0.2, 0) is 9.47 Å². The molecule has 0 aromatic heterocycles. The lowest BCUT2D eigenvalue weighted by molar-refractivity contribution is 0.0205. The van der Waals surface area contributed by atoms with Gasteiger partial charge in [-0.25, -0.2) is 19.2 Å². The number of hydrogen-bond acceptors (Lipinski definition) is 10. The molecule has 3 rings (SSSR count). The zero-order valence-corrected chi connectivity index (χ0v) is 23.0. The fourth-order valence-electron chi connectivity index (χ4n) is 3.12. The molecule has 0 heterocycles. The van der Waals surface area contributed by atoms with Crippen LogP contribution in [0.4, 0.5) is 9.59 Å². The molecule has 10 heteroatoms. The summed E-state index contributed by atoms with van der Waals surface area (Å²) in [6.07, 6.45) is -2.02. The summed E-state index contributed by atoms with van der Waals surface area (Å²) in [5, 5.41) is 0. The van der Waals surface area contributed by atoms with Gasteiger partial charge in [-0.3, -0.25) is 0 Å². The maximum Gasteiger partial charge on any atom is 0.514 e. The Kier molecular flexibility index (Phi) is 9.50. The lowest BCUT2D eigenvalue weighted by Gasteiger charge is -2.18. The van der Waals surface area contributed by atoms with Crippen LogP contribution < -0.4 is 18.9 Å². The lowest BCUT2D eigenvalue weighted by atomic mass is 10.2. The number of carbonyl (C=O) groups excluding carboxylic acids is 4. The molecule has 0 saturated heterocycles. The third-order valence-corrected chi connectivity index (χ3v) is 4.86. The quantitative estimate of drug-likeness (QED) is 0.179. The van der Waals surface area contributed by atoms with Crippen molar-refractivity contribution in [2.75, 3.05) is 0 Å². The molecule has 10 nitrogen and oxygen atoms in total. The van der Waals surface area contributed by atoms with Crippen LogP contribution in [0.3, 0.4) is 0 Å². The van der Waals surface area contributed by atoms with E-state index in [9.17, 15) is 19.2 Å². The van der Waals surface area contributed by atoms with Gasteiger partial charge in [0.2, 0.25) is 0 Å². The second-order valence-corrected chi connectivity index (χ2v) is 9.84. The molecule has 0 saturated carbocycles. The third kappa shape index (κ3) is 9.16. The van der Waals surface area contributed by atoms with E-state index in [1.165, 1.54) is 60.7 Å². The first-order chi connectivity index (χ1) is 18.8. The highest BCUT2D eigenvalue weighted by Gasteiger charge is 2.19. The minimum atomic E-state index is -0.853. The van der Waals surface area contributed by atoms with Gasteiger partial charge in [0, 0.05) is 0 Å². The molecule has 0 fully saturated rings. The molecular formula is C30H30O10. The minimum Gasteiger partial charge on any atom is -0.431 e. The Labute approximate surface area is 231 Å². The van der Waals surface area contributed by atoms with Gasteiger partial charge in [-0.2, -0.15) is 0 Å². The molecule has 0 aliphatic carbocycles. The monoisotopic (exact) mass is 550 g/mol. The van der Waals surface area contributed by atoms with Crippen molar-refractivity contribution in [2.45, 2.75) is 53.2 Å². The largest absolute Gasteiger partial charge is 0.514 e. The van der Waals surface area contributed by atoms with Crippen molar-refractivity contribution in [3.63, 3.8) is 0 Å². The zero-order valence-electron chi connectivity index (χ0n) is 23.0. The molecule has 3 aromatic carbocycles. The van der Waals surface area contributed by atoms with E-state index < -0.39 is 29.9 Å². The van der Waals surface area contributed by atoms with Gasteiger partial charge in [-0.1, -0.05) is 0 Å². The van der Waals surface area contributed by atoms with Crippen LogP contribution in [-0.4, -0.2) is 36.0 Å². The van der Waals surface area contributed by atoms with Crippen LogP contribution in [0.1, 0.15) is 60.9 Å². The van der Waals surface area contributed by atoms with E-state index in [0.29, 0.717) is 5.56 Å². The molecular weight excluding hydrogens is 520 g/mol. The lowest BCUT2D eigenvalue weighted by Crippen LogP contribution is -2.25. The van der Waals surface area contributed by atoms with Crippen LogP contribution in [0.25, 0.3) is 0 Å². The average molecular weight is 551 g/mol. The molecule has 40 heavy (non-hydrogen) atoms. The predicted octanol–water partition coefficient (Wildman–Crippen LogP) is 6.67. The molecule has 0 atom stereocenters. The van der Waals surface area contributed by atoms with E-state index >= 15 is 0 Å². The van der Waals surface area contributed by atoms with Gasteiger partial charge in [-0.15, -0.1) is 0 Å². The minimum absolute atomic E-state index is 0.212. The standard InChI is InChI=1S/C30H30O10/c1-18(2)35-28(33)37-22-11-9-21(10-12-22)27(32)39-25-16-15-24(17-19(25)3)36-26(31)20-7-13-23(14-8-20)38-29(34)40-30(4,5)6/h7-18H,1-6H3. The van der Waals surface area contributed by atoms with E-state index in [1.807, 2.05) is 0 Å². The molecule has 0 N–H and O–H groups in total. The molecule has 0 radical (unpaired) electrons. The third-order valence-electron chi connectivity index (χ3n) is 4.86. The van der Waals surface area contributed by atoms with E-state index in [4.69, 9.17) is 28.4 Å². The first-order valence-corrected chi connectivity index (χ1v) is 12.3. The summed E-state index contributed by atoms with van der Waals surface area (Å²) >= 11 is 0. The first kappa shape index (κ1) is 29.7. The van der Waals surface area contributed by atoms with Crippen molar-refractivity contribution in [2.24, 2.45) is 0 Å². The van der Waals surface area contributed by atoms with Crippen LogP contribution >= 0.6 is 0 Å². The zero-order chi connectivity index (χ0) is 29.4. The van der Waals surface area contributed by atoms with Crippen molar-refractivity contribution in [3.05, 3.63) is 83.4 Å². The number of hydrogen-bond donors (Lipinski definition) is 0. The number of ether oxygens (including phenoxy) is 6. The van der Waals surface area contributed by atoms with Crippen molar-refractivity contribution in [1.82, 2.24) is 0 Å². The Morgan fingerprint density at radius 3 is 1.57 bits per heavy atom. The van der Waals surface area contributed by atoms with Gasteiger partial charge in [0.05, 0.1) is 17.2 Å². The highest BCUT2D eigenvalue weighted by molar-refractivity contribution is 5.92. The van der Waals surface area contributed by atoms with Crippen LogP contribution in [0.5, 0.6) is 23.0 Å². The summed E-state index contributed by atoms with van der Waals surface area (Å²) in [5.74, 6) is -0.316. The Hall–Kier alpha value is -4.86. The van der Waals surface area contributed by atoms with Crippen molar-refractivity contribution >= 4 is 24.2 Å². The van der Waals surface area contributed by atoms with Gasteiger partial charge in [0.15, 0.2) is 0 Å². The Morgan fingerprint density at radius 1 is 0.625 bits per heavy atom. The summed E-state index contributed by atoms with van der Waals surface area (Å²) in [4.78, 5) is 48.5. The Bertz CT molecular complexity index is 1370. The highest BCUT2D eigenvalue weighted by Crippen LogP contribution is 2.26. The molecule has 0 aliphatic rings. The fraction of sp³-hybridized carbons (Fsp3) is 0.267. The normalized spacial score (nSPS) is 10.9. The van der Waals surface area contributed by atoms with Gasteiger partial charge in [0.1, 0.15) is 28.6 Å². The van der Waals surface area contributed by atoms with Gasteiger partial charge in [-0.05, 0) is 114 Å². The Balaban J connectivity index is 1.56. The summed E-state index contributed by atoms with van der Waals surface area (Å²) < 4.78 is 31.0. The van der Waals surface area contributed by atoms with Crippen LogP contribution in [0.2, 0.25) is 0 Å². The molecule has 210 valence electrons. The van der Waals surface area contributed by atoms with Gasteiger partial charge >= 0.3 is 24.2 Å². The van der Waals surface area contributed by atoms with E-state index in [2.05, 4.69) is 0 Å². The molecule has 3 aromatic rings. The van der Waals surface area contributed by atoms with E-state index in [-0.39, 0.29) is 40.2 Å². The topological polar surface area (TPSA) is 124 Å². The maximum absolute atomic E-state index is 12.6. The van der Waals surface area contributed by atoms with Crippen LogP contribution in [0.15, 0.2) is 66.7 Å². The van der Waals surface area contributed by atoms with E-state index in [0.717, 1.165) is 0 Å². The number of aryl methyl sites for hydroxylation is 1. The Morgan fingerprint density at radius 2 is 1.10 bits per heavy atom. The van der Waals surface area contributed by atoms with Gasteiger partial charge in [0.25, 0.3) is 0 Å². The molecule has 0 unspecified atom stereocenters. The van der Waals surface area contributed by atoms with Crippen LogP contribution in [0, 0.1) is 6.92 Å². The number of esters is 2. The second-order valence-electron chi connectivity index (χ2n) is 9.84. The fourth-order valence-corrected chi connectivity index (χ4v) is 3.12. The maximum atomic E-state index is 12.6. The van der Waals surface area contributed by atoms with E-state index in [1.54, 1.807) is 47.6 Å². The van der Waals surface area contributed by atoms with Crippen molar-refractivity contribution < 1.29 is 47.6 Å². The van der Waals surface area contributed by atoms with Gasteiger partial charge < -0.3 is 28.4 Å². The SMILES string of the molecule is Cc1cc(OC(=O)c2ccc(OC(=O)OC(C)(C)C)cc2)ccc1OC(=O)c1ccc(OC(=O)OC(C)C)cc1. The average Bonchev–Trinajstić information content (AvgIpc) is 2.84. The summed E-state index contributed by atoms with van der Waals surface area (Å²) in [6, 6.07) is 16.2.